The fourth-order valence-electron chi connectivity index (χ4n) is 2.42. The van der Waals surface area contributed by atoms with E-state index in [4.69, 9.17) is 4.42 Å². The minimum absolute atomic E-state index is 0.0329. The van der Waals surface area contributed by atoms with Crippen molar-refractivity contribution < 1.29 is 9.21 Å². The first-order chi connectivity index (χ1) is 9.78. The summed E-state index contributed by atoms with van der Waals surface area (Å²) in [6, 6.07) is 2.38. The smallest absolute Gasteiger partial charge is 0.273 e. The van der Waals surface area contributed by atoms with Gasteiger partial charge in [-0.1, -0.05) is 0 Å². The summed E-state index contributed by atoms with van der Waals surface area (Å²) in [5.74, 6) is 0.0329. The van der Waals surface area contributed by atoms with Crippen LogP contribution >= 0.6 is 11.3 Å². The third-order valence-electron chi connectivity index (χ3n) is 3.68. The molecule has 2 aromatic heterocycles. The molecule has 0 unspecified atom stereocenters. The molecule has 106 valence electrons. The first kappa shape index (κ1) is 13.3. The Hall–Kier alpha value is -1.66. The van der Waals surface area contributed by atoms with Gasteiger partial charge in [0.15, 0.2) is 0 Å². The standard InChI is InChI=1S/C14H17N3O2S/c1-15-11-2-5-17(6-3-11)14(18)12-9-20-13(16-12)10-4-7-19-8-10/h4,7-9,11,15H,2-3,5-6H2,1H3. The maximum Gasteiger partial charge on any atom is 0.273 e. The monoisotopic (exact) mass is 291 g/mol. The molecule has 6 heteroatoms. The number of nitrogens with one attached hydrogen (secondary N) is 1. The van der Waals surface area contributed by atoms with Gasteiger partial charge in [-0.2, -0.15) is 0 Å². The summed E-state index contributed by atoms with van der Waals surface area (Å²) in [5, 5.41) is 5.92. The molecule has 0 aliphatic carbocycles. The van der Waals surface area contributed by atoms with E-state index >= 15 is 0 Å². The van der Waals surface area contributed by atoms with Crippen molar-refractivity contribution >= 4 is 17.2 Å². The number of likely N-dealkylation sites (tertiary alicyclic amines) is 1. The summed E-state index contributed by atoms with van der Waals surface area (Å²) < 4.78 is 5.04. The van der Waals surface area contributed by atoms with Gasteiger partial charge in [0.2, 0.25) is 0 Å². The van der Waals surface area contributed by atoms with Crippen LogP contribution in [0.4, 0.5) is 0 Å². The van der Waals surface area contributed by atoms with Crippen LogP contribution in [0.25, 0.3) is 10.6 Å². The Morgan fingerprint density at radius 3 is 2.95 bits per heavy atom. The largest absolute Gasteiger partial charge is 0.472 e. The lowest BCUT2D eigenvalue weighted by Gasteiger charge is -2.31. The second-order valence-electron chi connectivity index (χ2n) is 4.91. The number of furan rings is 1. The van der Waals surface area contributed by atoms with Gasteiger partial charge in [-0.3, -0.25) is 4.79 Å². The maximum atomic E-state index is 12.4. The van der Waals surface area contributed by atoms with Gasteiger partial charge in [-0.25, -0.2) is 4.98 Å². The summed E-state index contributed by atoms with van der Waals surface area (Å²) in [7, 11) is 1.97. The van der Waals surface area contributed by atoms with Crippen LogP contribution in [0.5, 0.6) is 0 Å². The van der Waals surface area contributed by atoms with Gasteiger partial charge in [-0.05, 0) is 26.0 Å². The van der Waals surface area contributed by atoms with E-state index in [1.807, 2.05) is 23.4 Å². The Kier molecular flexibility index (Phi) is 3.84. The molecule has 1 N–H and O–H groups in total. The van der Waals surface area contributed by atoms with Crippen LogP contribution in [-0.4, -0.2) is 42.0 Å². The first-order valence-electron chi connectivity index (χ1n) is 6.72. The fourth-order valence-corrected chi connectivity index (χ4v) is 3.20. The van der Waals surface area contributed by atoms with Gasteiger partial charge in [0, 0.05) is 30.1 Å². The van der Waals surface area contributed by atoms with Crippen LogP contribution in [-0.2, 0) is 0 Å². The molecule has 3 rings (SSSR count). The topological polar surface area (TPSA) is 58.4 Å². The van der Waals surface area contributed by atoms with Crippen molar-refractivity contribution in [3.8, 4) is 10.6 Å². The second-order valence-corrected chi connectivity index (χ2v) is 5.76. The van der Waals surface area contributed by atoms with Gasteiger partial charge >= 0.3 is 0 Å². The third-order valence-corrected chi connectivity index (χ3v) is 4.57. The van der Waals surface area contributed by atoms with Crippen molar-refractivity contribution in [1.82, 2.24) is 15.2 Å². The number of thiazole rings is 1. The number of rotatable bonds is 3. The molecule has 1 amide bonds. The van der Waals surface area contributed by atoms with E-state index < -0.39 is 0 Å². The van der Waals surface area contributed by atoms with Gasteiger partial charge in [0.25, 0.3) is 5.91 Å². The molecule has 20 heavy (non-hydrogen) atoms. The van der Waals surface area contributed by atoms with Crippen molar-refractivity contribution in [2.75, 3.05) is 20.1 Å². The predicted molar refractivity (Wildman–Crippen MR) is 77.8 cm³/mol. The molecule has 0 atom stereocenters. The molecule has 0 spiro atoms. The number of aromatic nitrogens is 1. The lowest BCUT2D eigenvalue weighted by molar-refractivity contribution is 0.0702. The van der Waals surface area contributed by atoms with Crippen LogP contribution in [0.1, 0.15) is 23.3 Å². The van der Waals surface area contributed by atoms with E-state index in [2.05, 4.69) is 10.3 Å². The Bertz CT molecular complexity index is 571. The summed E-state index contributed by atoms with van der Waals surface area (Å²) in [6.45, 7) is 1.59. The van der Waals surface area contributed by atoms with E-state index in [0.29, 0.717) is 11.7 Å². The van der Waals surface area contributed by atoms with Crippen molar-refractivity contribution in [2.45, 2.75) is 18.9 Å². The van der Waals surface area contributed by atoms with Crippen LogP contribution in [0.15, 0.2) is 28.4 Å². The minimum atomic E-state index is 0.0329. The van der Waals surface area contributed by atoms with E-state index in [1.165, 1.54) is 11.3 Å². The van der Waals surface area contributed by atoms with E-state index in [0.717, 1.165) is 36.5 Å². The van der Waals surface area contributed by atoms with Crippen LogP contribution in [0, 0.1) is 0 Å². The molecule has 0 saturated carbocycles. The highest BCUT2D eigenvalue weighted by Gasteiger charge is 2.24. The van der Waals surface area contributed by atoms with Gasteiger partial charge in [-0.15, -0.1) is 11.3 Å². The molecule has 0 radical (unpaired) electrons. The Morgan fingerprint density at radius 1 is 1.50 bits per heavy atom. The van der Waals surface area contributed by atoms with Crippen molar-refractivity contribution in [1.29, 1.82) is 0 Å². The fraction of sp³-hybridized carbons (Fsp3) is 0.429. The van der Waals surface area contributed by atoms with Gasteiger partial charge in [0.1, 0.15) is 17.0 Å². The number of carbonyl (C=O) groups excluding carboxylic acids is 1. The molecule has 1 aliphatic rings. The normalized spacial score (nSPS) is 16.6. The number of nitrogens with zero attached hydrogens (tertiary/aromatic N) is 2. The van der Waals surface area contributed by atoms with Gasteiger partial charge in [0.05, 0.1) is 6.26 Å². The van der Waals surface area contributed by atoms with Crippen molar-refractivity contribution in [3.63, 3.8) is 0 Å². The summed E-state index contributed by atoms with van der Waals surface area (Å²) in [4.78, 5) is 18.7. The molecular formula is C14H17N3O2S. The SMILES string of the molecule is CNC1CCN(C(=O)c2csc(-c3ccoc3)n2)CC1. The lowest BCUT2D eigenvalue weighted by Crippen LogP contribution is -2.44. The van der Waals surface area contributed by atoms with Gasteiger partial charge < -0.3 is 14.6 Å². The first-order valence-corrected chi connectivity index (χ1v) is 7.60. The highest BCUT2D eigenvalue weighted by molar-refractivity contribution is 7.13. The second kappa shape index (κ2) is 5.76. The minimum Gasteiger partial charge on any atom is -0.472 e. The number of hydrogen-bond donors (Lipinski definition) is 1. The van der Waals surface area contributed by atoms with Crippen molar-refractivity contribution in [3.05, 3.63) is 29.7 Å². The number of hydrogen-bond acceptors (Lipinski definition) is 5. The van der Waals surface area contributed by atoms with Crippen LogP contribution < -0.4 is 5.32 Å². The summed E-state index contributed by atoms with van der Waals surface area (Å²) >= 11 is 1.47. The van der Waals surface area contributed by atoms with Crippen LogP contribution in [0.3, 0.4) is 0 Å². The number of amides is 1. The Labute approximate surface area is 121 Å². The zero-order chi connectivity index (χ0) is 13.9. The molecule has 3 heterocycles. The lowest BCUT2D eigenvalue weighted by atomic mass is 10.1. The zero-order valence-electron chi connectivity index (χ0n) is 11.3. The zero-order valence-corrected chi connectivity index (χ0v) is 12.2. The van der Waals surface area contributed by atoms with E-state index in [-0.39, 0.29) is 5.91 Å². The molecule has 2 aromatic rings. The quantitative estimate of drug-likeness (QED) is 0.942. The molecule has 5 nitrogen and oxygen atoms in total. The molecular weight excluding hydrogens is 274 g/mol. The molecule has 0 bridgehead atoms. The predicted octanol–water partition coefficient (Wildman–Crippen LogP) is 2.23. The highest BCUT2D eigenvalue weighted by Crippen LogP contribution is 2.25. The van der Waals surface area contributed by atoms with Crippen LogP contribution in [0.2, 0.25) is 0 Å². The number of carbonyl (C=O) groups is 1. The van der Waals surface area contributed by atoms with E-state index in [9.17, 15) is 4.79 Å². The Morgan fingerprint density at radius 2 is 2.30 bits per heavy atom. The average Bonchev–Trinajstić information content (AvgIpc) is 3.17. The third kappa shape index (κ3) is 2.62. The average molecular weight is 291 g/mol. The highest BCUT2D eigenvalue weighted by atomic mass is 32.1. The van der Waals surface area contributed by atoms with E-state index in [1.54, 1.807) is 12.5 Å². The molecule has 0 aromatic carbocycles. The molecule has 1 fully saturated rings. The summed E-state index contributed by atoms with van der Waals surface area (Å²) in [6.07, 6.45) is 5.26. The Balaban J connectivity index is 1.69. The maximum absolute atomic E-state index is 12.4. The van der Waals surface area contributed by atoms with Crippen molar-refractivity contribution in [2.24, 2.45) is 0 Å². The summed E-state index contributed by atoms with van der Waals surface area (Å²) in [5.41, 5.74) is 1.46. The molecule has 1 aliphatic heterocycles. The molecule has 1 saturated heterocycles. The number of piperidine rings is 1.